The summed E-state index contributed by atoms with van der Waals surface area (Å²) in [4.78, 5) is 2.73. The molecule has 1 aliphatic heterocycles. The Kier molecular flexibility index (Phi) is 4.87. The van der Waals surface area contributed by atoms with Gasteiger partial charge in [0.25, 0.3) is 0 Å². The third-order valence-electron chi connectivity index (χ3n) is 4.56. The highest BCUT2D eigenvalue weighted by Crippen LogP contribution is 2.38. The van der Waals surface area contributed by atoms with Gasteiger partial charge < -0.3 is 10.2 Å². The summed E-state index contributed by atoms with van der Waals surface area (Å²) in [6.45, 7) is 9.83. The summed E-state index contributed by atoms with van der Waals surface area (Å²) in [6, 6.07) is 0.633. The number of nitrogens with one attached hydrogen (secondary N) is 1. The normalized spacial score (nSPS) is 25.6. The lowest BCUT2D eigenvalue weighted by Gasteiger charge is -2.38. The minimum atomic E-state index is 0.599. The Morgan fingerprint density at radius 3 is 2.24 bits per heavy atom. The van der Waals surface area contributed by atoms with Crippen LogP contribution in [0.25, 0.3) is 0 Å². The summed E-state index contributed by atoms with van der Waals surface area (Å²) in [7, 11) is 0. The predicted molar refractivity (Wildman–Crippen MR) is 74.3 cm³/mol. The zero-order valence-corrected chi connectivity index (χ0v) is 11.8. The van der Waals surface area contributed by atoms with E-state index in [9.17, 15) is 0 Å². The number of rotatable bonds is 5. The van der Waals surface area contributed by atoms with Crippen molar-refractivity contribution in [3.05, 3.63) is 0 Å². The van der Waals surface area contributed by atoms with Crippen molar-refractivity contribution in [2.45, 2.75) is 64.8 Å². The molecule has 100 valence electrons. The number of hydrogen-bond acceptors (Lipinski definition) is 2. The van der Waals surface area contributed by atoms with Crippen LogP contribution in [0.3, 0.4) is 0 Å². The van der Waals surface area contributed by atoms with Crippen molar-refractivity contribution in [3.63, 3.8) is 0 Å². The van der Waals surface area contributed by atoms with Crippen LogP contribution in [0.5, 0.6) is 0 Å². The fourth-order valence-corrected chi connectivity index (χ4v) is 3.53. The number of nitrogens with zero attached hydrogens (tertiary/aromatic N) is 1. The fourth-order valence-electron chi connectivity index (χ4n) is 3.53. The van der Waals surface area contributed by atoms with Gasteiger partial charge in [-0.15, -0.1) is 0 Å². The van der Waals surface area contributed by atoms with E-state index in [1.165, 1.54) is 71.1 Å². The molecular formula is C15H30N2. The molecular weight excluding hydrogens is 208 g/mol. The molecule has 0 aromatic rings. The van der Waals surface area contributed by atoms with Crippen LogP contribution in [0, 0.1) is 5.41 Å². The summed E-state index contributed by atoms with van der Waals surface area (Å²) >= 11 is 0. The SMILES string of the molecule is CC(C)NCC1(CN2CCCCC2)CCCC1. The number of hydrogen-bond donors (Lipinski definition) is 1. The molecule has 0 aromatic carbocycles. The van der Waals surface area contributed by atoms with Crippen molar-refractivity contribution in [2.24, 2.45) is 5.41 Å². The van der Waals surface area contributed by atoms with E-state index in [4.69, 9.17) is 0 Å². The van der Waals surface area contributed by atoms with Crippen LogP contribution in [-0.4, -0.2) is 37.1 Å². The summed E-state index contributed by atoms with van der Waals surface area (Å²) in [6.07, 6.45) is 10.1. The number of likely N-dealkylation sites (tertiary alicyclic amines) is 1. The summed E-state index contributed by atoms with van der Waals surface area (Å²) in [5, 5.41) is 3.69. The third-order valence-corrected chi connectivity index (χ3v) is 4.56. The van der Waals surface area contributed by atoms with Crippen LogP contribution in [-0.2, 0) is 0 Å². The Morgan fingerprint density at radius 1 is 1.00 bits per heavy atom. The molecule has 1 saturated carbocycles. The van der Waals surface area contributed by atoms with Gasteiger partial charge in [-0.05, 0) is 44.2 Å². The lowest BCUT2D eigenvalue weighted by atomic mass is 9.84. The van der Waals surface area contributed by atoms with Gasteiger partial charge in [-0.3, -0.25) is 0 Å². The molecule has 0 bridgehead atoms. The molecule has 0 spiro atoms. The minimum absolute atomic E-state index is 0.599. The van der Waals surface area contributed by atoms with Gasteiger partial charge in [0.05, 0.1) is 0 Å². The van der Waals surface area contributed by atoms with Crippen molar-refractivity contribution in [1.82, 2.24) is 10.2 Å². The summed E-state index contributed by atoms with van der Waals surface area (Å²) in [5.41, 5.74) is 0.599. The second kappa shape index (κ2) is 6.19. The highest BCUT2D eigenvalue weighted by atomic mass is 15.1. The first-order valence-corrected chi connectivity index (χ1v) is 7.66. The predicted octanol–water partition coefficient (Wildman–Crippen LogP) is 3.03. The Balaban J connectivity index is 1.86. The second-order valence-corrected chi connectivity index (χ2v) is 6.58. The van der Waals surface area contributed by atoms with Gasteiger partial charge in [-0.1, -0.05) is 33.1 Å². The first-order chi connectivity index (χ1) is 8.20. The molecule has 1 N–H and O–H groups in total. The largest absolute Gasteiger partial charge is 0.314 e. The molecule has 1 aliphatic carbocycles. The monoisotopic (exact) mass is 238 g/mol. The maximum absolute atomic E-state index is 3.69. The Labute approximate surface area is 107 Å². The second-order valence-electron chi connectivity index (χ2n) is 6.58. The van der Waals surface area contributed by atoms with Crippen molar-refractivity contribution in [2.75, 3.05) is 26.2 Å². The lowest BCUT2D eigenvalue weighted by molar-refractivity contribution is 0.127. The fraction of sp³-hybridized carbons (Fsp3) is 1.00. The van der Waals surface area contributed by atoms with Gasteiger partial charge in [0.1, 0.15) is 0 Å². The van der Waals surface area contributed by atoms with Crippen molar-refractivity contribution in [3.8, 4) is 0 Å². The minimum Gasteiger partial charge on any atom is -0.314 e. The molecule has 2 heteroatoms. The summed E-state index contributed by atoms with van der Waals surface area (Å²) in [5.74, 6) is 0. The van der Waals surface area contributed by atoms with Gasteiger partial charge in [0, 0.05) is 19.1 Å². The molecule has 1 saturated heterocycles. The van der Waals surface area contributed by atoms with Crippen LogP contribution in [0.15, 0.2) is 0 Å². The van der Waals surface area contributed by atoms with Crippen LogP contribution >= 0.6 is 0 Å². The van der Waals surface area contributed by atoms with E-state index >= 15 is 0 Å². The highest BCUT2D eigenvalue weighted by molar-refractivity contribution is 4.90. The van der Waals surface area contributed by atoms with Gasteiger partial charge >= 0.3 is 0 Å². The van der Waals surface area contributed by atoms with E-state index < -0.39 is 0 Å². The first-order valence-electron chi connectivity index (χ1n) is 7.66. The van der Waals surface area contributed by atoms with Crippen molar-refractivity contribution in [1.29, 1.82) is 0 Å². The van der Waals surface area contributed by atoms with Gasteiger partial charge in [-0.25, -0.2) is 0 Å². The smallest absolute Gasteiger partial charge is 0.00501 e. The van der Waals surface area contributed by atoms with E-state index in [1.807, 2.05) is 0 Å². The quantitative estimate of drug-likeness (QED) is 0.792. The molecule has 2 aliphatic rings. The third kappa shape index (κ3) is 3.96. The van der Waals surface area contributed by atoms with E-state index in [0.29, 0.717) is 11.5 Å². The first kappa shape index (κ1) is 13.4. The van der Waals surface area contributed by atoms with Crippen LogP contribution < -0.4 is 5.32 Å². The van der Waals surface area contributed by atoms with E-state index in [0.717, 1.165) is 0 Å². The van der Waals surface area contributed by atoms with Crippen molar-refractivity contribution < 1.29 is 0 Å². The van der Waals surface area contributed by atoms with Crippen molar-refractivity contribution >= 4 is 0 Å². The molecule has 0 unspecified atom stereocenters. The number of piperidine rings is 1. The average Bonchev–Trinajstić information content (AvgIpc) is 2.77. The topological polar surface area (TPSA) is 15.3 Å². The zero-order chi connectivity index (χ0) is 12.1. The molecule has 2 nitrogen and oxygen atoms in total. The van der Waals surface area contributed by atoms with Crippen LogP contribution in [0.1, 0.15) is 58.8 Å². The molecule has 0 amide bonds. The lowest BCUT2D eigenvalue weighted by Crippen LogP contribution is -2.45. The zero-order valence-electron chi connectivity index (χ0n) is 11.8. The molecule has 0 radical (unpaired) electrons. The molecule has 2 fully saturated rings. The Hall–Kier alpha value is -0.0800. The van der Waals surface area contributed by atoms with Gasteiger partial charge in [0.15, 0.2) is 0 Å². The molecule has 17 heavy (non-hydrogen) atoms. The molecule has 0 aromatic heterocycles. The van der Waals surface area contributed by atoms with E-state index in [-0.39, 0.29) is 0 Å². The maximum Gasteiger partial charge on any atom is 0.00501 e. The maximum atomic E-state index is 3.69. The molecule has 2 rings (SSSR count). The average molecular weight is 238 g/mol. The molecule has 0 atom stereocenters. The standard InChI is InChI=1S/C15H30N2/c1-14(2)16-12-15(8-4-5-9-15)13-17-10-6-3-7-11-17/h14,16H,3-13H2,1-2H3. The Bertz CT molecular complexity index is 213. The van der Waals surface area contributed by atoms with Crippen LogP contribution in [0.2, 0.25) is 0 Å². The van der Waals surface area contributed by atoms with Crippen LogP contribution in [0.4, 0.5) is 0 Å². The highest BCUT2D eigenvalue weighted by Gasteiger charge is 2.35. The molecule has 1 heterocycles. The summed E-state index contributed by atoms with van der Waals surface area (Å²) < 4.78 is 0. The van der Waals surface area contributed by atoms with E-state index in [2.05, 4.69) is 24.1 Å². The van der Waals surface area contributed by atoms with Gasteiger partial charge in [0.2, 0.25) is 0 Å². The van der Waals surface area contributed by atoms with E-state index in [1.54, 1.807) is 0 Å². The Morgan fingerprint density at radius 2 is 1.65 bits per heavy atom. The van der Waals surface area contributed by atoms with Gasteiger partial charge in [-0.2, -0.15) is 0 Å².